The highest BCUT2D eigenvalue weighted by molar-refractivity contribution is 5.95. The minimum absolute atomic E-state index is 0.223. The predicted octanol–water partition coefficient (Wildman–Crippen LogP) is 3.78. The standard InChI is InChI=1S/C26H25FN2O4/c27-21-10-6-19(7-11-21)16-28-25(31)26(15-23(26)24(30)29-32)14-18-8-12-22(13-9-18)33-17-20-4-2-1-3-5-20/h1-13,23,32H,14-17H2,(H,28,31)(H,29,30). The minimum atomic E-state index is -0.945. The number of halogens is 1. The molecule has 0 bridgehead atoms. The van der Waals surface area contributed by atoms with Gasteiger partial charge in [-0.05, 0) is 53.8 Å². The number of rotatable bonds is 9. The maximum Gasteiger partial charge on any atom is 0.247 e. The van der Waals surface area contributed by atoms with E-state index in [2.05, 4.69) is 5.32 Å². The topological polar surface area (TPSA) is 87.7 Å². The van der Waals surface area contributed by atoms with E-state index in [1.807, 2.05) is 54.6 Å². The molecule has 3 N–H and O–H groups in total. The van der Waals surface area contributed by atoms with E-state index in [0.29, 0.717) is 25.2 Å². The van der Waals surface area contributed by atoms with Crippen molar-refractivity contribution in [2.75, 3.05) is 0 Å². The Kier molecular flexibility index (Phi) is 6.70. The lowest BCUT2D eigenvalue weighted by Gasteiger charge is -2.18. The van der Waals surface area contributed by atoms with E-state index in [1.165, 1.54) is 12.1 Å². The Bertz CT molecular complexity index is 1100. The van der Waals surface area contributed by atoms with Crippen LogP contribution in [0.25, 0.3) is 0 Å². The Morgan fingerprint density at radius 2 is 1.61 bits per heavy atom. The Morgan fingerprint density at radius 3 is 2.27 bits per heavy atom. The summed E-state index contributed by atoms with van der Waals surface area (Å²) >= 11 is 0. The van der Waals surface area contributed by atoms with E-state index in [-0.39, 0.29) is 18.3 Å². The van der Waals surface area contributed by atoms with E-state index >= 15 is 0 Å². The van der Waals surface area contributed by atoms with Crippen LogP contribution < -0.4 is 15.5 Å². The molecule has 1 fully saturated rings. The first kappa shape index (κ1) is 22.5. The van der Waals surface area contributed by atoms with Crippen LogP contribution in [-0.4, -0.2) is 17.0 Å². The van der Waals surface area contributed by atoms with Gasteiger partial charge in [0.15, 0.2) is 0 Å². The highest BCUT2D eigenvalue weighted by Crippen LogP contribution is 2.55. The summed E-state index contributed by atoms with van der Waals surface area (Å²) < 4.78 is 18.9. The molecular formula is C26H25FN2O4. The number of hydrogen-bond donors (Lipinski definition) is 3. The summed E-state index contributed by atoms with van der Waals surface area (Å²) in [4.78, 5) is 25.1. The van der Waals surface area contributed by atoms with Crippen molar-refractivity contribution in [3.05, 3.63) is 101 Å². The monoisotopic (exact) mass is 448 g/mol. The third-order valence-electron chi connectivity index (χ3n) is 6.01. The molecule has 0 aliphatic heterocycles. The van der Waals surface area contributed by atoms with Crippen molar-refractivity contribution in [3.63, 3.8) is 0 Å². The lowest BCUT2D eigenvalue weighted by molar-refractivity contribution is -0.135. The fourth-order valence-electron chi connectivity index (χ4n) is 4.02. The molecule has 0 spiro atoms. The summed E-state index contributed by atoms with van der Waals surface area (Å²) in [6, 6.07) is 23.1. The second-order valence-corrected chi connectivity index (χ2v) is 8.29. The number of amides is 2. The molecule has 1 aliphatic carbocycles. The van der Waals surface area contributed by atoms with E-state index in [1.54, 1.807) is 17.6 Å². The maximum absolute atomic E-state index is 13.1. The molecule has 0 heterocycles. The quantitative estimate of drug-likeness (QED) is 0.344. The van der Waals surface area contributed by atoms with Crippen LogP contribution in [0.1, 0.15) is 23.1 Å². The minimum Gasteiger partial charge on any atom is -0.489 e. The fraction of sp³-hybridized carbons (Fsp3) is 0.231. The number of nitrogens with one attached hydrogen (secondary N) is 2. The van der Waals surface area contributed by atoms with Crippen molar-refractivity contribution < 1.29 is 23.9 Å². The number of benzene rings is 3. The van der Waals surface area contributed by atoms with Gasteiger partial charge in [-0.25, -0.2) is 9.87 Å². The summed E-state index contributed by atoms with van der Waals surface area (Å²) in [6.07, 6.45) is 0.681. The van der Waals surface area contributed by atoms with Crippen molar-refractivity contribution in [2.45, 2.75) is 26.0 Å². The number of ether oxygens (including phenoxy) is 1. The first-order chi connectivity index (χ1) is 16.0. The zero-order valence-corrected chi connectivity index (χ0v) is 18.0. The van der Waals surface area contributed by atoms with Gasteiger partial charge in [-0.3, -0.25) is 14.8 Å². The average Bonchev–Trinajstić information content (AvgIpc) is 3.58. The van der Waals surface area contributed by atoms with Gasteiger partial charge in [-0.2, -0.15) is 0 Å². The van der Waals surface area contributed by atoms with Crippen LogP contribution in [0, 0.1) is 17.2 Å². The summed E-state index contributed by atoms with van der Waals surface area (Å²) in [7, 11) is 0. The first-order valence-electron chi connectivity index (χ1n) is 10.7. The molecule has 3 aromatic rings. The fourth-order valence-corrected chi connectivity index (χ4v) is 4.02. The number of carbonyl (C=O) groups excluding carboxylic acids is 2. The van der Waals surface area contributed by atoms with Gasteiger partial charge >= 0.3 is 0 Å². The first-order valence-corrected chi connectivity index (χ1v) is 10.7. The zero-order chi connectivity index (χ0) is 23.3. The molecule has 0 saturated heterocycles. The van der Waals surface area contributed by atoms with Gasteiger partial charge in [0.1, 0.15) is 18.2 Å². The normalized spacial score (nSPS) is 18.9. The third-order valence-corrected chi connectivity index (χ3v) is 6.01. The molecule has 3 aromatic carbocycles. The molecule has 7 heteroatoms. The maximum atomic E-state index is 13.1. The van der Waals surface area contributed by atoms with Crippen molar-refractivity contribution in [3.8, 4) is 5.75 Å². The van der Waals surface area contributed by atoms with Crippen LogP contribution in [-0.2, 0) is 29.2 Å². The molecule has 2 unspecified atom stereocenters. The SMILES string of the molecule is O=C(NO)C1CC1(Cc1ccc(OCc2ccccc2)cc1)C(=O)NCc1ccc(F)cc1. The molecule has 1 aliphatic rings. The van der Waals surface area contributed by atoms with Crippen molar-refractivity contribution in [1.29, 1.82) is 0 Å². The van der Waals surface area contributed by atoms with Gasteiger partial charge in [-0.1, -0.05) is 54.6 Å². The summed E-state index contributed by atoms with van der Waals surface area (Å²) in [5, 5.41) is 11.9. The highest BCUT2D eigenvalue weighted by Gasteiger charge is 2.63. The average molecular weight is 448 g/mol. The Labute approximate surface area is 191 Å². The molecule has 6 nitrogen and oxygen atoms in total. The summed E-state index contributed by atoms with van der Waals surface area (Å²) in [6.45, 7) is 0.676. The smallest absolute Gasteiger partial charge is 0.247 e. The molecule has 1 saturated carbocycles. The number of hydrogen-bond acceptors (Lipinski definition) is 4. The Morgan fingerprint density at radius 1 is 0.939 bits per heavy atom. The lowest BCUT2D eigenvalue weighted by Crippen LogP contribution is -2.37. The van der Waals surface area contributed by atoms with Crippen LogP contribution in [0.15, 0.2) is 78.9 Å². The van der Waals surface area contributed by atoms with Crippen LogP contribution >= 0.6 is 0 Å². The van der Waals surface area contributed by atoms with Gasteiger partial charge in [0.2, 0.25) is 11.8 Å². The third kappa shape index (κ3) is 5.38. The molecule has 170 valence electrons. The Balaban J connectivity index is 1.41. The summed E-state index contributed by atoms with van der Waals surface area (Å²) in [5.41, 5.74) is 3.42. The lowest BCUT2D eigenvalue weighted by atomic mass is 9.92. The van der Waals surface area contributed by atoms with E-state index < -0.39 is 17.2 Å². The van der Waals surface area contributed by atoms with Crippen molar-refractivity contribution in [2.24, 2.45) is 11.3 Å². The van der Waals surface area contributed by atoms with E-state index in [0.717, 1.165) is 16.7 Å². The van der Waals surface area contributed by atoms with E-state index in [4.69, 9.17) is 9.94 Å². The van der Waals surface area contributed by atoms with Gasteiger partial charge in [-0.15, -0.1) is 0 Å². The van der Waals surface area contributed by atoms with Crippen LogP contribution in [0.3, 0.4) is 0 Å². The zero-order valence-electron chi connectivity index (χ0n) is 18.0. The molecule has 33 heavy (non-hydrogen) atoms. The Hall–Kier alpha value is -3.71. The van der Waals surface area contributed by atoms with Gasteiger partial charge in [0, 0.05) is 6.54 Å². The highest BCUT2D eigenvalue weighted by atomic mass is 19.1. The largest absolute Gasteiger partial charge is 0.489 e. The number of carbonyl (C=O) groups is 2. The molecule has 2 amide bonds. The summed E-state index contributed by atoms with van der Waals surface area (Å²) in [5.74, 6) is -1.11. The van der Waals surface area contributed by atoms with Crippen molar-refractivity contribution in [1.82, 2.24) is 10.8 Å². The second kappa shape index (κ2) is 9.83. The van der Waals surface area contributed by atoms with Gasteiger partial charge in [0.25, 0.3) is 0 Å². The van der Waals surface area contributed by atoms with E-state index in [9.17, 15) is 14.0 Å². The van der Waals surface area contributed by atoms with Crippen molar-refractivity contribution >= 4 is 11.8 Å². The molecule has 4 rings (SSSR count). The number of hydroxylamine groups is 1. The molecule has 2 atom stereocenters. The van der Waals surface area contributed by atoms with Crippen LogP contribution in [0.4, 0.5) is 4.39 Å². The molecular weight excluding hydrogens is 423 g/mol. The molecule has 0 aromatic heterocycles. The van der Waals surface area contributed by atoms with Crippen LogP contribution in [0.5, 0.6) is 5.75 Å². The predicted molar refractivity (Wildman–Crippen MR) is 120 cm³/mol. The molecule has 0 radical (unpaired) electrons. The van der Waals surface area contributed by atoms with Gasteiger partial charge < -0.3 is 10.1 Å². The van der Waals surface area contributed by atoms with Crippen LogP contribution in [0.2, 0.25) is 0 Å². The second-order valence-electron chi connectivity index (χ2n) is 8.29. The van der Waals surface area contributed by atoms with Gasteiger partial charge in [0.05, 0.1) is 11.3 Å².